The molecule has 1 aliphatic carbocycles. The maximum Gasteiger partial charge on any atom is 0.256 e. The molecule has 0 bridgehead atoms. The highest BCUT2D eigenvalue weighted by molar-refractivity contribution is 7.17. The fourth-order valence-corrected chi connectivity index (χ4v) is 5.08. The number of ether oxygens (including phenoxy) is 3. The quantitative estimate of drug-likeness (QED) is 0.550. The van der Waals surface area contributed by atoms with Crippen LogP contribution in [0.1, 0.15) is 71.2 Å². The maximum atomic E-state index is 13.1. The average Bonchev–Trinajstić information content (AvgIpc) is 2.91. The van der Waals surface area contributed by atoms with Crippen molar-refractivity contribution < 1.29 is 23.8 Å². The lowest BCUT2D eigenvalue weighted by Gasteiger charge is -2.17. The van der Waals surface area contributed by atoms with Crippen molar-refractivity contribution in [3.05, 3.63) is 33.7 Å². The number of rotatable bonds is 9. The lowest BCUT2D eigenvalue weighted by molar-refractivity contribution is 0.100. The second kappa shape index (κ2) is 10.5. The molecule has 0 atom stereocenters. The molecule has 0 radical (unpaired) electrons. The van der Waals surface area contributed by atoms with Crippen LogP contribution in [0.3, 0.4) is 0 Å². The molecule has 168 valence electrons. The first-order chi connectivity index (χ1) is 15.0. The molecule has 2 aromatic rings. The van der Waals surface area contributed by atoms with Gasteiger partial charge in [-0.05, 0) is 64.2 Å². The molecule has 0 fully saturated rings. The monoisotopic (exact) mass is 446 g/mol. The van der Waals surface area contributed by atoms with Crippen LogP contribution in [0.25, 0.3) is 0 Å². The van der Waals surface area contributed by atoms with E-state index < -0.39 is 5.91 Å². The van der Waals surface area contributed by atoms with Gasteiger partial charge in [0.25, 0.3) is 11.8 Å². The number of carbonyl (C=O) groups excluding carboxylic acids is 2. The van der Waals surface area contributed by atoms with Gasteiger partial charge in [-0.1, -0.05) is 6.42 Å². The Morgan fingerprint density at radius 1 is 0.968 bits per heavy atom. The van der Waals surface area contributed by atoms with Crippen molar-refractivity contribution in [1.82, 2.24) is 0 Å². The number of amides is 2. The number of nitrogens with two attached hydrogens (primary N) is 1. The second-order valence-corrected chi connectivity index (χ2v) is 8.29. The van der Waals surface area contributed by atoms with Gasteiger partial charge >= 0.3 is 0 Å². The van der Waals surface area contributed by atoms with Gasteiger partial charge < -0.3 is 25.3 Å². The first-order valence-electron chi connectivity index (χ1n) is 10.8. The van der Waals surface area contributed by atoms with Crippen LogP contribution in [0.4, 0.5) is 5.00 Å². The van der Waals surface area contributed by atoms with E-state index >= 15 is 0 Å². The van der Waals surface area contributed by atoms with Crippen molar-refractivity contribution in [3.8, 4) is 17.2 Å². The van der Waals surface area contributed by atoms with Crippen molar-refractivity contribution in [2.75, 3.05) is 25.1 Å². The summed E-state index contributed by atoms with van der Waals surface area (Å²) in [5, 5.41) is 3.41. The van der Waals surface area contributed by atoms with Gasteiger partial charge in [0.2, 0.25) is 5.75 Å². The molecular formula is C23H30N2O5S. The summed E-state index contributed by atoms with van der Waals surface area (Å²) < 4.78 is 17.1. The summed E-state index contributed by atoms with van der Waals surface area (Å²) in [5.41, 5.74) is 7.47. The molecule has 0 spiro atoms. The third-order valence-corrected chi connectivity index (χ3v) is 6.27. The number of hydrogen-bond donors (Lipinski definition) is 2. The molecule has 1 heterocycles. The number of fused-ring (bicyclic) bond motifs is 1. The summed E-state index contributed by atoms with van der Waals surface area (Å²) in [6, 6.07) is 3.27. The van der Waals surface area contributed by atoms with Crippen molar-refractivity contribution >= 4 is 28.2 Å². The molecule has 1 aromatic heterocycles. The highest BCUT2D eigenvalue weighted by atomic mass is 32.1. The minimum absolute atomic E-state index is 0.356. The van der Waals surface area contributed by atoms with Crippen molar-refractivity contribution in [1.29, 1.82) is 0 Å². The van der Waals surface area contributed by atoms with E-state index in [1.165, 1.54) is 11.3 Å². The van der Waals surface area contributed by atoms with E-state index in [0.29, 0.717) is 53.2 Å². The average molecular weight is 447 g/mol. The van der Waals surface area contributed by atoms with E-state index in [4.69, 9.17) is 19.9 Å². The summed E-state index contributed by atoms with van der Waals surface area (Å²) in [6.07, 6.45) is 4.95. The van der Waals surface area contributed by atoms with Gasteiger partial charge in [-0.2, -0.15) is 0 Å². The molecule has 0 unspecified atom stereocenters. The fraction of sp³-hybridized carbons (Fsp3) is 0.478. The summed E-state index contributed by atoms with van der Waals surface area (Å²) in [5.74, 6) is 0.494. The Kier molecular flexibility index (Phi) is 7.79. The fourth-order valence-electron chi connectivity index (χ4n) is 3.79. The van der Waals surface area contributed by atoms with Gasteiger partial charge in [0.05, 0.1) is 25.4 Å². The second-order valence-electron chi connectivity index (χ2n) is 7.19. The molecule has 0 aliphatic heterocycles. The number of benzene rings is 1. The van der Waals surface area contributed by atoms with E-state index in [-0.39, 0.29) is 5.91 Å². The number of hydrogen-bond acceptors (Lipinski definition) is 6. The van der Waals surface area contributed by atoms with Crippen LogP contribution in [-0.2, 0) is 12.8 Å². The van der Waals surface area contributed by atoms with Crippen LogP contribution in [0, 0.1) is 0 Å². The van der Waals surface area contributed by atoms with Crippen molar-refractivity contribution in [2.24, 2.45) is 5.73 Å². The van der Waals surface area contributed by atoms with Gasteiger partial charge in [-0.3, -0.25) is 9.59 Å². The number of aryl methyl sites for hydroxylation is 1. The minimum atomic E-state index is -0.508. The van der Waals surface area contributed by atoms with E-state index in [1.807, 2.05) is 20.8 Å². The molecule has 0 saturated heterocycles. The van der Waals surface area contributed by atoms with Crippen molar-refractivity contribution in [2.45, 2.75) is 52.9 Å². The number of anilines is 1. The van der Waals surface area contributed by atoms with Gasteiger partial charge in [-0.25, -0.2) is 0 Å². The summed E-state index contributed by atoms with van der Waals surface area (Å²) in [4.78, 5) is 26.5. The first-order valence-corrected chi connectivity index (χ1v) is 11.6. The Morgan fingerprint density at radius 2 is 1.58 bits per heavy atom. The number of carbonyl (C=O) groups is 2. The summed E-state index contributed by atoms with van der Waals surface area (Å²) >= 11 is 1.45. The maximum absolute atomic E-state index is 13.1. The molecule has 8 heteroatoms. The van der Waals surface area contributed by atoms with Crippen molar-refractivity contribution in [3.63, 3.8) is 0 Å². The number of primary amides is 1. The van der Waals surface area contributed by atoms with Crippen LogP contribution in [0.2, 0.25) is 0 Å². The summed E-state index contributed by atoms with van der Waals surface area (Å²) in [6.45, 7) is 6.87. The Bertz CT molecular complexity index is 927. The highest BCUT2D eigenvalue weighted by Crippen LogP contribution is 2.40. The molecule has 1 aromatic carbocycles. The van der Waals surface area contributed by atoms with Gasteiger partial charge in [-0.15, -0.1) is 11.3 Å². The third kappa shape index (κ3) is 5.12. The van der Waals surface area contributed by atoms with Crippen LogP contribution in [-0.4, -0.2) is 31.6 Å². The lowest BCUT2D eigenvalue weighted by atomic mass is 10.1. The standard InChI is InChI=1S/C23H30N2O5S/c1-4-28-16-12-14(13-17(29-5-2)20(16)30-6-3)22(27)25-23-19(21(24)26)15-10-8-7-9-11-18(15)31-23/h12-13H,4-11H2,1-3H3,(H2,24,26)(H,25,27). The lowest BCUT2D eigenvalue weighted by Crippen LogP contribution is -2.18. The summed E-state index contributed by atoms with van der Waals surface area (Å²) in [7, 11) is 0. The zero-order chi connectivity index (χ0) is 22.4. The molecule has 7 nitrogen and oxygen atoms in total. The molecule has 3 rings (SSSR count). The van der Waals surface area contributed by atoms with Crippen LogP contribution >= 0.6 is 11.3 Å². The topological polar surface area (TPSA) is 99.9 Å². The van der Waals surface area contributed by atoms with E-state index in [9.17, 15) is 9.59 Å². The highest BCUT2D eigenvalue weighted by Gasteiger charge is 2.25. The first kappa shape index (κ1) is 22.9. The predicted molar refractivity (Wildman–Crippen MR) is 122 cm³/mol. The third-order valence-electron chi connectivity index (χ3n) is 5.07. The van der Waals surface area contributed by atoms with Gasteiger partial charge in [0.1, 0.15) is 5.00 Å². The molecule has 3 N–H and O–H groups in total. The Hall–Kier alpha value is -2.74. The normalized spacial score (nSPS) is 13.1. The van der Waals surface area contributed by atoms with Crippen LogP contribution in [0.5, 0.6) is 17.2 Å². The van der Waals surface area contributed by atoms with Crippen LogP contribution in [0.15, 0.2) is 12.1 Å². The Balaban J connectivity index is 1.97. The number of nitrogens with one attached hydrogen (secondary N) is 1. The molecule has 2 amide bonds. The number of thiophene rings is 1. The zero-order valence-corrected chi connectivity index (χ0v) is 19.2. The minimum Gasteiger partial charge on any atom is -0.490 e. The Morgan fingerprint density at radius 3 is 2.16 bits per heavy atom. The molecule has 1 aliphatic rings. The van der Waals surface area contributed by atoms with E-state index in [0.717, 1.165) is 42.5 Å². The van der Waals surface area contributed by atoms with Gasteiger partial charge in [0.15, 0.2) is 11.5 Å². The van der Waals surface area contributed by atoms with Crippen LogP contribution < -0.4 is 25.3 Å². The SMILES string of the molecule is CCOc1cc(C(=O)Nc2sc3c(c2C(N)=O)CCCCC3)cc(OCC)c1OCC. The smallest absolute Gasteiger partial charge is 0.256 e. The molecular weight excluding hydrogens is 416 g/mol. The van der Waals surface area contributed by atoms with E-state index in [2.05, 4.69) is 5.32 Å². The zero-order valence-electron chi connectivity index (χ0n) is 18.3. The largest absolute Gasteiger partial charge is 0.490 e. The molecule has 31 heavy (non-hydrogen) atoms. The van der Waals surface area contributed by atoms with E-state index in [1.54, 1.807) is 12.1 Å². The predicted octanol–water partition coefficient (Wildman–Crippen LogP) is 4.56. The molecule has 0 saturated carbocycles. The van der Waals surface area contributed by atoms with Gasteiger partial charge in [0, 0.05) is 10.4 Å². The Labute approximate surface area is 186 Å².